The van der Waals surface area contributed by atoms with Gasteiger partial charge in [0, 0.05) is 23.4 Å². The molecule has 11 heteroatoms. The van der Waals surface area contributed by atoms with Gasteiger partial charge in [0.05, 0.1) is 16.2 Å². The molecular formula is C28H19F2N5O4. The number of non-ortho nitro benzene ring substituents is 1. The molecule has 5 rings (SSSR count). The largest absolute Gasteiger partial charge is 0.457 e. The number of anilines is 1. The Balaban J connectivity index is 1.38. The quantitative estimate of drug-likeness (QED) is 0.197. The summed E-state index contributed by atoms with van der Waals surface area (Å²) < 4.78 is 35.0. The number of halogens is 2. The fraction of sp³-hybridized carbons (Fsp3) is 0.0357. The smallest absolute Gasteiger partial charge is 0.336 e. The lowest BCUT2D eigenvalue weighted by molar-refractivity contribution is -0.384. The second kappa shape index (κ2) is 10.9. The molecule has 1 aromatic heterocycles. The molecule has 9 nitrogen and oxygen atoms in total. The first-order valence-electron chi connectivity index (χ1n) is 11.6. The number of nitrogens with zero attached hydrogens (tertiary/aromatic N) is 4. The third-order valence-corrected chi connectivity index (χ3v) is 5.69. The van der Waals surface area contributed by atoms with Gasteiger partial charge in [-0.25, -0.2) is 13.5 Å². The summed E-state index contributed by atoms with van der Waals surface area (Å²) in [6, 6.07) is 23.7. The molecule has 1 amide bonds. The summed E-state index contributed by atoms with van der Waals surface area (Å²) in [4.78, 5) is 27.2. The van der Waals surface area contributed by atoms with E-state index in [1.807, 2.05) is 0 Å². The molecule has 194 valence electrons. The van der Waals surface area contributed by atoms with Gasteiger partial charge in [-0.05, 0) is 66.2 Å². The molecule has 0 saturated heterocycles. The Morgan fingerprint density at radius 2 is 1.62 bits per heavy atom. The van der Waals surface area contributed by atoms with Gasteiger partial charge in [0.15, 0.2) is 5.82 Å². The fourth-order valence-corrected chi connectivity index (χ4v) is 3.70. The molecule has 0 unspecified atom stereocenters. The van der Waals surface area contributed by atoms with E-state index in [0.717, 1.165) is 0 Å². The van der Waals surface area contributed by atoms with Gasteiger partial charge in [0.1, 0.15) is 18.2 Å². The van der Waals surface area contributed by atoms with Gasteiger partial charge >= 0.3 is 6.01 Å². The van der Waals surface area contributed by atoms with Crippen molar-refractivity contribution < 1.29 is 23.2 Å². The normalized spacial score (nSPS) is 10.7. The molecule has 5 aromatic rings. The average Bonchev–Trinajstić information content (AvgIpc) is 3.37. The van der Waals surface area contributed by atoms with E-state index in [0.29, 0.717) is 16.9 Å². The van der Waals surface area contributed by atoms with Gasteiger partial charge in [-0.3, -0.25) is 14.9 Å². The third-order valence-electron chi connectivity index (χ3n) is 5.69. The van der Waals surface area contributed by atoms with Crippen molar-refractivity contribution in [1.29, 1.82) is 0 Å². The van der Waals surface area contributed by atoms with Crippen LogP contribution in [0, 0.1) is 21.7 Å². The number of nitro groups is 1. The highest BCUT2D eigenvalue weighted by molar-refractivity contribution is 6.04. The van der Waals surface area contributed by atoms with Crippen molar-refractivity contribution in [2.75, 3.05) is 5.32 Å². The number of benzene rings is 4. The molecule has 4 aromatic carbocycles. The first-order chi connectivity index (χ1) is 18.9. The van der Waals surface area contributed by atoms with Crippen LogP contribution in [0.2, 0.25) is 0 Å². The maximum atomic E-state index is 14.7. The molecular weight excluding hydrogens is 508 g/mol. The minimum Gasteiger partial charge on any atom is -0.457 e. The van der Waals surface area contributed by atoms with Gasteiger partial charge in [-0.1, -0.05) is 24.3 Å². The summed E-state index contributed by atoms with van der Waals surface area (Å²) in [7, 11) is 0. The Labute approximate surface area is 220 Å². The first-order valence-corrected chi connectivity index (χ1v) is 11.6. The highest BCUT2D eigenvalue weighted by Gasteiger charge is 2.18. The van der Waals surface area contributed by atoms with Gasteiger partial charge in [0.2, 0.25) is 0 Å². The maximum Gasteiger partial charge on any atom is 0.336 e. The zero-order valence-electron chi connectivity index (χ0n) is 20.1. The number of ether oxygens (including phenoxy) is 1. The Hall–Kier alpha value is -5.45. The maximum absolute atomic E-state index is 14.7. The lowest BCUT2D eigenvalue weighted by Gasteiger charge is -2.09. The van der Waals surface area contributed by atoms with Gasteiger partial charge in [-0.2, -0.15) is 4.98 Å². The Morgan fingerprint density at radius 1 is 0.923 bits per heavy atom. The van der Waals surface area contributed by atoms with E-state index < -0.39 is 16.6 Å². The van der Waals surface area contributed by atoms with Gasteiger partial charge < -0.3 is 10.1 Å². The number of rotatable bonds is 8. The van der Waals surface area contributed by atoms with E-state index in [9.17, 15) is 23.7 Å². The number of nitrogens with one attached hydrogen (secondary N) is 1. The summed E-state index contributed by atoms with van der Waals surface area (Å²) >= 11 is 0. The fourth-order valence-electron chi connectivity index (χ4n) is 3.70. The summed E-state index contributed by atoms with van der Waals surface area (Å²) in [5.41, 5.74) is 2.03. The summed E-state index contributed by atoms with van der Waals surface area (Å²) in [5.74, 6) is -1.11. The van der Waals surface area contributed by atoms with E-state index in [4.69, 9.17) is 4.74 Å². The molecule has 0 aliphatic heterocycles. The number of carbonyl (C=O) groups is 1. The Morgan fingerprint density at radius 3 is 2.28 bits per heavy atom. The lowest BCUT2D eigenvalue weighted by Crippen LogP contribution is -2.12. The van der Waals surface area contributed by atoms with Crippen LogP contribution in [0.4, 0.5) is 20.2 Å². The highest BCUT2D eigenvalue weighted by Crippen LogP contribution is 2.27. The molecule has 1 N–H and O–H groups in total. The molecule has 0 spiro atoms. The van der Waals surface area contributed by atoms with Gasteiger partial charge in [-0.15, -0.1) is 5.10 Å². The molecule has 0 atom stereocenters. The SMILES string of the molecule is O=C(Nc1ccc(-n2nc(OCc3ccc(F)cc3)nc2-c2ccccc2F)cc1)c1ccc([N+](=O)[O-])cc1. The zero-order chi connectivity index (χ0) is 27.4. The molecule has 1 heterocycles. The number of nitro benzene ring substituents is 1. The van der Waals surface area contributed by atoms with Crippen LogP contribution in [0.3, 0.4) is 0 Å². The number of hydrogen-bond acceptors (Lipinski definition) is 6. The van der Waals surface area contributed by atoms with Crippen LogP contribution in [-0.4, -0.2) is 25.6 Å². The molecule has 0 radical (unpaired) electrons. The second-order valence-electron chi connectivity index (χ2n) is 8.33. The van der Waals surface area contributed by atoms with Crippen molar-refractivity contribution >= 4 is 17.3 Å². The Bertz CT molecular complexity index is 1640. The van der Waals surface area contributed by atoms with Crippen LogP contribution in [0.1, 0.15) is 15.9 Å². The van der Waals surface area contributed by atoms with E-state index in [2.05, 4.69) is 15.4 Å². The van der Waals surface area contributed by atoms with Crippen LogP contribution in [-0.2, 0) is 6.61 Å². The second-order valence-corrected chi connectivity index (χ2v) is 8.33. The number of amides is 1. The van der Waals surface area contributed by atoms with Crippen LogP contribution in [0.5, 0.6) is 6.01 Å². The summed E-state index contributed by atoms with van der Waals surface area (Å²) in [5, 5.41) is 17.9. The minimum atomic E-state index is -0.542. The lowest BCUT2D eigenvalue weighted by atomic mass is 10.2. The number of aromatic nitrogens is 3. The first kappa shape index (κ1) is 25.2. The molecule has 0 saturated carbocycles. The average molecular weight is 527 g/mol. The monoisotopic (exact) mass is 527 g/mol. The van der Waals surface area contributed by atoms with Crippen LogP contribution < -0.4 is 10.1 Å². The van der Waals surface area contributed by atoms with E-state index in [-0.39, 0.29) is 41.1 Å². The van der Waals surface area contributed by atoms with Crippen LogP contribution in [0.25, 0.3) is 17.1 Å². The van der Waals surface area contributed by atoms with Crippen molar-refractivity contribution in [3.8, 4) is 23.1 Å². The topological polar surface area (TPSA) is 112 Å². The molecule has 0 fully saturated rings. The molecule has 0 aliphatic carbocycles. The Kier molecular flexibility index (Phi) is 7.04. The predicted octanol–water partition coefficient (Wildman–Crippen LogP) is 5.95. The minimum absolute atomic E-state index is 0.00636. The molecule has 0 aliphatic rings. The highest BCUT2D eigenvalue weighted by atomic mass is 19.1. The summed E-state index contributed by atoms with van der Waals surface area (Å²) in [6.07, 6.45) is 0. The van der Waals surface area contributed by atoms with Crippen LogP contribution in [0.15, 0.2) is 97.1 Å². The van der Waals surface area contributed by atoms with Crippen molar-refractivity contribution in [1.82, 2.24) is 14.8 Å². The van der Waals surface area contributed by atoms with E-state index in [1.54, 1.807) is 54.6 Å². The number of carbonyl (C=O) groups excluding carboxylic acids is 1. The number of hydrogen-bond donors (Lipinski definition) is 1. The van der Waals surface area contributed by atoms with E-state index in [1.165, 1.54) is 47.1 Å². The third kappa shape index (κ3) is 5.77. The van der Waals surface area contributed by atoms with E-state index >= 15 is 0 Å². The van der Waals surface area contributed by atoms with Crippen molar-refractivity contribution in [2.45, 2.75) is 6.61 Å². The molecule has 0 bridgehead atoms. The van der Waals surface area contributed by atoms with Crippen LogP contribution >= 0.6 is 0 Å². The predicted molar refractivity (Wildman–Crippen MR) is 139 cm³/mol. The zero-order valence-corrected chi connectivity index (χ0v) is 20.1. The molecule has 39 heavy (non-hydrogen) atoms. The summed E-state index contributed by atoms with van der Waals surface area (Å²) in [6.45, 7) is 0.0780. The van der Waals surface area contributed by atoms with Crippen molar-refractivity contribution in [3.63, 3.8) is 0 Å². The van der Waals surface area contributed by atoms with Crippen molar-refractivity contribution in [2.24, 2.45) is 0 Å². The van der Waals surface area contributed by atoms with Crippen molar-refractivity contribution in [3.05, 3.63) is 130 Å². The standard InChI is InChI=1S/C28H19F2N5O4/c29-20-9-5-18(6-10-20)17-39-28-32-26(24-3-1-2-4-25(24)30)34(33-28)22-15-11-21(12-16-22)31-27(36)19-7-13-23(14-8-19)35(37)38/h1-16H,17H2,(H,31,36). The van der Waals surface area contributed by atoms with Gasteiger partial charge in [0.25, 0.3) is 11.6 Å².